The predicted octanol–water partition coefficient (Wildman–Crippen LogP) is 1.65. The Labute approximate surface area is 169 Å². The summed E-state index contributed by atoms with van der Waals surface area (Å²) in [6, 6.07) is 3.46. The van der Waals surface area contributed by atoms with Gasteiger partial charge in [0.15, 0.2) is 20.8 Å². The normalized spacial score (nSPS) is 18.1. The van der Waals surface area contributed by atoms with Crippen molar-refractivity contribution < 1.29 is 13.2 Å². The highest BCUT2D eigenvalue weighted by molar-refractivity contribution is 7.99. The van der Waals surface area contributed by atoms with E-state index in [1.807, 2.05) is 23.6 Å². The number of hydrogen-bond acceptors (Lipinski definition) is 7. The molecule has 2 aromatic rings. The van der Waals surface area contributed by atoms with Crippen LogP contribution < -0.4 is 0 Å². The zero-order chi connectivity index (χ0) is 20.1. The molecular weight excluding hydrogens is 398 g/mol. The molecule has 1 atom stereocenters. The lowest BCUT2D eigenvalue weighted by Crippen LogP contribution is -2.42. The van der Waals surface area contributed by atoms with Gasteiger partial charge in [-0.05, 0) is 25.5 Å². The summed E-state index contributed by atoms with van der Waals surface area (Å²) < 4.78 is 25.4. The Kier molecular flexibility index (Phi) is 6.50. The minimum absolute atomic E-state index is 0.0517. The molecule has 0 aromatic carbocycles. The van der Waals surface area contributed by atoms with Gasteiger partial charge in [0.2, 0.25) is 5.91 Å². The van der Waals surface area contributed by atoms with Crippen LogP contribution in [0.5, 0.6) is 0 Å². The molecule has 3 heterocycles. The second kappa shape index (κ2) is 8.87. The molecule has 28 heavy (non-hydrogen) atoms. The van der Waals surface area contributed by atoms with Gasteiger partial charge in [-0.3, -0.25) is 14.3 Å². The van der Waals surface area contributed by atoms with Crippen molar-refractivity contribution in [3.8, 4) is 11.4 Å². The summed E-state index contributed by atoms with van der Waals surface area (Å²) in [6.45, 7) is 6.66. The Morgan fingerprint density at radius 2 is 2.14 bits per heavy atom. The van der Waals surface area contributed by atoms with Crippen LogP contribution in [0, 0.1) is 0 Å². The van der Waals surface area contributed by atoms with Gasteiger partial charge in [-0.2, -0.15) is 0 Å². The minimum Gasteiger partial charge on any atom is -0.338 e. The molecule has 1 saturated heterocycles. The summed E-state index contributed by atoms with van der Waals surface area (Å²) in [6.07, 6.45) is 5.63. The maximum atomic E-state index is 12.7. The fourth-order valence-corrected chi connectivity index (χ4v) is 5.84. The maximum absolute atomic E-state index is 12.7. The molecule has 0 radical (unpaired) electrons. The molecule has 0 aliphatic carbocycles. The Morgan fingerprint density at radius 1 is 1.39 bits per heavy atom. The predicted molar refractivity (Wildman–Crippen MR) is 109 cm³/mol. The van der Waals surface area contributed by atoms with Crippen LogP contribution >= 0.6 is 11.8 Å². The molecule has 1 aliphatic rings. The van der Waals surface area contributed by atoms with Gasteiger partial charge in [0.1, 0.15) is 0 Å². The van der Waals surface area contributed by atoms with Crippen molar-refractivity contribution in [2.45, 2.75) is 31.1 Å². The van der Waals surface area contributed by atoms with Gasteiger partial charge in [0.05, 0.1) is 17.3 Å². The highest BCUT2D eigenvalue weighted by Gasteiger charge is 2.33. The van der Waals surface area contributed by atoms with Crippen molar-refractivity contribution in [3.05, 3.63) is 37.2 Å². The Balaban J connectivity index is 1.72. The van der Waals surface area contributed by atoms with Crippen molar-refractivity contribution in [2.75, 3.05) is 23.8 Å². The fraction of sp³-hybridized carbons (Fsp3) is 0.444. The number of rotatable bonds is 8. The summed E-state index contributed by atoms with van der Waals surface area (Å²) in [4.78, 5) is 18.4. The van der Waals surface area contributed by atoms with Crippen LogP contribution in [0.15, 0.2) is 42.3 Å². The van der Waals surface area contributed by atoms with E-state index in [1.165, 1.54) is 11.8 Å². The molecule has 0 N–H and O–H groups in total. The maximum Gasteiger partial charge on any atom is 0.233 e. The van der Waals surface area contributed by atoms with E-state index in [9.17, 15) is 13.2 Å². The molecule has 3 rings (SSSR count). The second-order valence-corrected chi connectivity index (χ2v) is 9.64. The SMILES string of the molecule is C=CCn1c(SCC(=O)N(CC)[C@H]2CCS(=O)(=O)C2)nnc1-c1ccncc1. The fourth-order valence-electron chi connectivity index (χ4n) is 3.27. The molecule has 150 valence electrons. The van der Waals surface area contributed by atoms with Crippen LogP contribution in [-0.4, -0.2) is 68.8 Å². The van der Waals surface area contributed by atoms with E-state index in [4.69, 9.17) is 0 Å². The van der Waals surface area contributed by atoms with Crippen molar-refractivity contribution in [1.29, 1.82) is 0 Å². The monoisotopic (exact) mass is 421 g/mol. The first kappa shape index (κ1) is 20.5. The van der Waals surface area contributed by atoms with Gasteiger partial charge >= 0.3 is 0 Å². The second-order valence-electron chi connectivity index (χ2n) is 6.47. The van der Waals surface area contributed by atoms with Gasteiger partial charge in [-0.25, -0.2) is 8.42 Å². The van der Waals surface area contributed by atoms with E-state index in [0.717, 1.165) is 5.56 Å². The van der Waals surface area contributed by atoms with Crippen LogP contribution in [0.4, 0.5) is 0 Å². The Hall–Kier alpha value is -2.20. The summed E-state index contributed by atoms with van der Waals surface area (Å²) >= 11 is 1.30. The number of hydrogen-bond donors (Lipinski definition) is 0. The lowest BCUT2D eigenvalue weighted by Gasteiger charge is -2.26. The first-order chi connectivity index (χ1) is 13.4. The molecule has 10 heteroatoms. The molecule has 0 saturated carbocycles. The average molecular weight is 422 g/mol. The number of pyridine rings is 1. The lowest BCUT2D eigenvalue weighted by atomic mass is 10.2. The topological polar surface area (TPSA) is 98.1 Å². The van der Waals surface area contributed by atoms with Gasteiger partial charge in [0, 0.05) is 37.1 Å². The summed E-state index contributed by atoms with van der Waals surface area (Å²) in [5, 5.41) is 9.11. The van der Waals surface area contributed by atoms with Crippen LogP contribution in [0.25, 0.3) is 11.4 Å². The summed E-state index contributed by atoms with van der Waals surface area (Å²) in [5.41, 5.74) is 0.883. The number of carbonyl (C=O) groups is 1. The summed E-state index contributed by atoms with van der Waals surface area (Å²) in [7, 11) is -3.04. The van der Waals surface area contributed by atoms with Crippen molar-refractivity contribution in [3.63, 3.8) is 0 Å². The highest BCUT2D eigenvalue weighted by Crippen LogP contribution is 2.25. The smallest absolute Gasteiger partial charge is 0.233 e. The molecular formula is C18H23N5O3S2. The van der Waals surface area contributed by atoms with E-state index in [-0.39, 0.29) is 29.2 Å². The third-order valence-electron chi connectivity index (χ3n) is 4.60. The Morgan fingerprint density at radius 3 is 2.75 bits per heavy atom. The van der Waals surface area contributed by atoms with E-state index in [1.54, 1.807) is 23.4 Å². The number of thioether (sulfide) groups is 1. The largest absolute Gasteiger partial charge is 0.338 e. The van der Waals surface area contributed by atoms with Gasteiger partial charge in [-0.1, -0.05) is 17.8 Å². The minimum atomic E-state index is -3.04. The molecule has 0 unspecified atom stereocenters. The number of aromatic nitrogens is 4. The van der Waals surface area contributed by atoms with Gasteiger partial charge in [-0.15, -0.1) is 16.8 Å². The molecule has 1 fully saturated rings. The van der Waals surface area contributed by atoms with Crippen molar-refractivity contribution >= 4 is 27.5 Å². The first-order valence-corrected chi connectivity index (χ1v) is 11.8. The molecule has 1 aliphatic heterocycles. The quantitative estimate of drug-likeness (QED) is 0.472. The highest BCUT2D eigenvalue weighted by atomic mass is 32.2. The number of amides is 1. The zero-order valence-corrected chi connectivity index (χ0v) is 17.3. The van der Waals surface area contributed by atoms with Crippen LogP contribution in [0.2, 0.25) is 0 Å². The Bertz CT molecular complexity index is 943. The molecule has 0 bridgehead atoms. The molecule has 2 aromatic heterocycles. The van der Waals surface area contributed by atoms with Gasteiger partial charge < -0.3 is 4.90 Å². The van der Waals surface area contributed by atoms with Gasteiger partial charge in [0.25, 0.3) is 0 Å². The van der Waals surface area contributed by atoms with Crippen molar-refractivity contribution in [1.82, 2.24) is 24.6 Å². The molecule has 1 amide bonds. The third kappa shape index (κ3) is 4.61. The van der Waals surface area contributed by atoms with E-state index < -0.39 is 9.84 Å². The standard InChI is InChI=1S/C18H23N5O3S2/c1-3-10-23-17(14-5-8-19-9-6-14)20-21-18(23)27-12-16(24)22(4-2)15-7-11-28(25,26)13-15/h3,5-6,8-9,15H,1,4,7,10-13H2,2H3/t15-/m0/s1. The first-order valence-electron chi connectivity index (χ1n) is 9.02. The van der Waals surface area contributed by atoms with Crippen molar-refractivity contribution in [2.24, 2.45) is 0 Å². The summed E-state index contributed by atoms with van der Waals surface area (Å²) in [5.74, 6) is 0.976. The third-order valence-corrected chi connectivity index (χ3v) is 7.30. The zero-order valence-electron chi connectivity index (χ0n) is 15.7. The number of sulfone groups is 1. The number of nitrogens with zero attached hydrogens (tertiary/aromatic N) is 5. The van der Waals surface area contributed by atoms with E-state index in [0.29, 0.717) is 30.5 Å². The van der Waals surface area contributed by atoms with Crippen LogP contribution in [0.1, 0.15) is 13.3 Å². The van der Waals surface area contributed by atoms with E-state index in [2.05, 4.69) is 21.8 Å². The number of allylic oxidation sites excluding steroid dienone is 1. The van der Waals surface area contributed by atoms with Crippen LogP contribution in [-0.2, 0) is 21.2 Å². The van der Waals surface area contributed by atoms with E-state index >= 15 is 0 Å². The van der Waals surface area contributed by atoms with Crippen LogP contribution in [0.3, 0.4) is 0 Å². The number of carbonyl (C=O) groups excluding carboxylic acids is 1. The average Bonchev–Trinajstić information content (AvgIpc) is 3.24. The molecule has 0 spiro atoms. The molecule has 8 nitrogen and oxygen atoms in total. The lowest BCUT2D eigenvalue weighted by molar-refractivity contribution is -0.129.